The zero-order valence-electron chi connectivity index (χ0n) is 17.5. The summed E-state index contributed by atoms with van der Waals surface area (Å²) in [6.07, 6.45) is -4.40. The molecule has 0 saturated heterocycles. The summed E-state index contributed by atoms with van der Waals surface area (Å²) in [5.41, 5.74) is 1.05. The molecule has 1 aromatic carbocycles. The third-order valence-corrected chi connectivity index (χ3v) is 6.01. The monoisotopic (exact) mass is 464 g/mol. The molecular weight excluding hydrogens is 444 g/mol. The molecular formula is C22H20F4N4OS. The molecule has 0 atom stereocenters. The topological polar surface area (TPSA) is 52.0 Å². The van der Waals surface area contributed by atoms with E-state index in [1.165, 1.54) is 6.07 Å². The highest BCUT2D eigenvalue weighted by Crippen LogP contribution is 2.36. The molecule has 5 nitrogen and oxygen atoms in total. The zero-order chi connectivity index (χ0) is 23.0. The van der Waals surface area contributed by atoms with E-state index in [0.29, 0.717) is 52.0 Å². The van der Waals surface area contributed by atoms with Gasteiger partial charge in [0, 0.05) is 35.6 Å². The van der Waals surface area contributed by atoms with Gasteiger partial charge >= 0.3 is 6.18 Å². The molecule has 0 amide bonds. The molecule has 168 valence electrons. The Labute approximate surface area is 185 Å². The van der Waals surface area contributed by atoms with Crippen LogP contribution in [0.1, 0.15) is 17.1 Å². The van der Waals surface area contributed by atoms with Crippen molar-refractivity contribution in [2.75, 3.05) is 19.0 Å². The Kier molecular flexibility index (Phi) is 5.81. The van der Waals surface area contributed by atoms with E-state index in [1.807, 2.05) is 17.6 Å². The fraction of sp³-hybridized carbons (Fsp3) is 0.273. The maximum absolute atomic E-state index is 14.5. The van der Waals surface area contributed by atoms with Gasteiger partial charge in [0.05, 0.1) is 28.8 Å². The number of hydrogen-bond donors (Lipinski definition) is 1. The van der Waals surface area contributed by atoms with E-state index in [2.05, 4.69) is 15.3 Å². The molecule has 0 aliphatic carbocycles. The number of alkyl halides is 3. The first-order valence-corrected chi connectivity index (χ1v) is 10.6. The van der Waals surface area contributed by atoms with Crippen LogP contribution < -0.4 is 10.1 Å². The summed E-state index contributed by atoms with van der Waals surface area (Å²) in [4.78, 5) is 9.00. The highest BCUT2D eigenvalue weighted by atomic mass is 32.1. The molecule has 0 saturated carbocycles. The number of thiophene rings is 1. The lowest BCUT2D eigenvalue weighted by atomic mass is 10.2. The summed E-state index contributed by atoms with van der Waals surface area (Å²) in [6.45, 7) is 4.45. The normalized spacial score (nSPS) is 11.8. The van der Waals surface area contributed by atoms with Gasteiger partial charge in [-0.25, -0.2) is 14.4 Å². The van der Waals surface area contributed by atoms with Gasteiger partial charge in [-0.3, -0.25) is 0 Å². The van der Waals surface area contributed by atoms with Crippen molar-refractivity contribution < 1.29 is 22.3 Å². The second-order valence-electron chi connectivity index (χ2n) is 7.26. The van der Waals surface area contributed by atoms with Crippen molar-refractivity contribution in [3.63, 3.8) is 0 Å². The Morgan fingerprint density at radius 3 is 2.59 bits per heavy atom. The number of aromatic nitrogens is 3. The smallest absolute Gasteiger partial charge is 0.417 e. The van der Waals surface area contributed by atoms with Crippen molar-refractivity contribution in [2.45, 2.75) is 26.6 Å². The molecule has 4 aromatic rings. The van der Waals surface area contributed by atoms with Gasteiger partial charge in [-0.05, 0) is 38.1 Å². The Hall–Kier alpha value is -3.14. The number of nitrogens with one attached hydrogen (secondary N) is 1. The second kappa shape index (κ2) is 8.42. The van der Waals surface area contributed by atoms with Crippen LogP contribution in [0, 0.1) is 19.7 Å². The van der Waals surface area contributed by atoms with Crippen LogP contribution in [-0.4, -0.2) is 28.2 Å². The molecule has 3 heterocycles. The van der Waals surface area contributed by atoms with Crippen molar-refractivity contribution in [3.8, 4) is 16.3 Å². The van der Waals surface area contributed by atoms with Crippen molar-refractivity contribution >= 4 is 28.1 Å². The van der Waals surface area contributed by atoms with Gasteiger partial charge in [-0.1, -0.05) is 0 Å². The lowest BCUT2D eigenvalue weighted by Crippen LogP contribution is -2.13. The van der Waals surface area contributed by atoms with Gasteiger partial charge in [0.1, 0.15) is 23.2 Å². The van der Waals surface area contributed by atoms with Crippen molar-refractivity contribution in [2.24, 2.45) is 0 Å². The number of benzene rings is 1. The summed E-state index contributed by atoms with van der Waals surface area (Å²) in [5.74, 6) is 1.18. The molecule has 0 fully saturated rings. The number of nitrogens with zero attached hydrogens (tertiary/aromatic N) is 3. The van der Waals surface area contributed by atoms with Gasteiger partial charge in [-0.2, -0.15) is 13.2 Å². The Balaban J connectivity index is 1.54. The van der Waals surface area contributed by atoms with E-state index >= 15 is 0 Å². The molecule has 0 bridgehead atoms. The number of hydrogen-bond acceptors (Lipinski definition) is 5. The fourth-order valence-corrected chi connectivity index (χ4v) is 4.48. The van der Waals surface area contributed by atoms with Gasteiger partial charge in [0.15, 0.2) is 0 Å². The first-order valence-electron chi connectivity index (χ1n) is 9.75. The minimum atomic E-state index is -4.40. The molecule has 0 aliphatic heterocycles. The Morgan fingerprint density at radius 1 is 1.12 bits per heavy atom. The van der Waals surface area contributed by atoms with E-state index in [9.17, 15) is 17.6 Å². The van der Waals surface area contributed by atoms with E-state index in [-0.39, 0.29) is 5.82 Å². The van der Waals surface area contributed by atoms with Crippen LogP contribution >= 0.6 is 11.3 Å². The molecule has 4 rings (SSSR count). The third-order valence-electron chi connectivity index (χ3n) is 5.06. The minimum absolute atomic E-state index is 0.341. The Morgan fingerprint density at radius 2 is 1.91 bits per heavy atom. The molecule has 32 heavy (non-hydrogen) atoms. The maximum atomic E-state index is 14.5. The van der Waals surface area contributed by atoms with Crippen molar-refractivity contribution in [3.05, 3.63) is 58.6 Å². The van der Waals surface area contributed by atoms with E-state index < -0.39 is 11.7 Å². The van der Waals surface area contributed by atoms with Crippen LogP contribution in [0.2, 0.25) is 0 Å². The number of fused-ring (bicyclic) bond motifs is 1. The summed E-state index contributed by atoms with van der Waals surface area (Å²) in [6, 6.07) is 7.55. The SMILES string of the molecule is COc1ccc(F)c2c1cc(C)n2CCNc1cc(-c2cc(C(F)(F)F)cs2)nc(C)n1. The average Bonchev–Trinajstić information content (AvgIpc) is 3.34. The molecule has 0 aliphatic rings. The lowest BCUT2D eigenvalue weighted by molar-refractivity contribution is -0.137. The number of ether oxygens (including phenoxy) is 1. The molecule has 0 spiro atoms. The molecule has 0 radical (unpaired) electrons. The van der Waals surface area contributed by atoms with E-state index in [4.69, 9.17) is 4.74 Å². The number of aryl methyl sites for hydroxylation is 2. The zero-order valence-corrected chi connectivity index (χ0v) is 18.4. The average molecular weight is 464 g/mol. The number of rotatable bonds is 6. The fourth-order valence-electron chi connectivity index (χ4n) is 3.61. The number of anilines is 1. The largest absolute Gasteiger partial charge is 0.496 e. The second-order valence-corrected chi connectivity index (χ2v) is 8.17. The summed E-state index contributed by atoms with van der Waals surface area (Å²) >= 11 is 0.982. The summed E-state index contributed by atoms with van der Waals surface area (Å²) in [7, 11) is 1.54. The van der Waals surface area contributed by atoms with Crippen LogP contribution in [0.3, 0.4) is 0 Å². The molecule has 1 N–H and O–H groups in total. The highest BCUT2D eigenvalue weighted by Gasteiger charge is 2.32. The van der Waals surface area contributed by atoms with Crippen molar-refractivity contribution in [1.29, 1.82) is 0 Å². The van der Waals surface area contributed by atoms with Crippen LogP contribution in [-0.2, 0) is 12.7 Å². The predicted octanol–water partition coefficient (Wildman–Crippen LogP) is 6.06. The van der Waals surface area contributed by atoms with Crippen molar-refractivity contribution in [1.82, 2.24) is 14.5 Å². The standard InChI is InChI=1S/C22H20F4N4OS/c1-12-8-15-18(31-3)5-4-16(23)21(15)30(12)7-6-27-20-10-17(28-13(2)29-20)19-9-14(11-32-19)22(24,25)26/h4-5,8-11H,6-7H2,1-3H3,(H,27,28,29). The van der Waals surface area contributed by atoms with E-state index in [0.717, 1.165) is 28.5 Å². The van der Waals surface area contributed by atoms with Crippen LogP contribution in [0.5, 0.6) is 5.75 Å². The van der Waals surface area contributed by atoms with E-state index in [1.54, 1.807) is 26.2 Å². The predicted molar refractivity (Wildman–Crippen MR) is 117 cm³/mol. The lowest BCUT2D eigenvalue weighted by Gasteiger charge is -2.12. The third kappa shape index (κ3) is 4.27. The van der Waals surface area contributed by atoms with Gasteiger partial charge in [0.25, 0.3) is 0 Å². The first kappa shape index (κ1) is 22.1. The molecule has 3 aromatic heterocycles. The van der Waals surface area contributed by atoms with Gasteiger partial charge in [0.2, 0.25) is 0 Å². The summed E-state index contributed by atoms with van der Waals surface area (Å²) in [5, 5.41) is 4.94. The number of halogens is 4. The van der Waals surface area contributed by atoms with Crippen LogP contribution in [0.4, 0.5) is 23.4 Å². The van der Waals surface area contributed by atoms with Crippen LogP contribution in [0.25, 0.3) is 21.5 Å². The molecule has 0 unspecified atom stereocenters. The quantitative estimate of drug-likeness (QED) is 0.353. The summed E-state index contributed by atoms with van der Waals surface area (Å²) < 4.78 is 60.5. The van der Waals surface area contributed by atoms with Gasteiger partial charge < -0.3 is 14.6 Å². The highest BCUT2D eigenvalue weighted by molar-refractivity contribution is 7.13. The molecule has 10 heteroatoms. The Bertz CT molecular complexity index is 1280. The van der Waals surface area contributed by atoms with Gasteiger partial charge in [-0.15, -0.1) is 11.3 Å². The number of methoxy groups -OCH3 is 1. The maximum Gasteiger partial charge on any atom is 0.417 e. The first-order chi connectivity index (χ1) is 15.2. The minimum Gasteiger partial charge on any atom is -0.496 e. The van der Waals surface area contributed by atoms with Crippen LogP contribution in [0.15, 0.2) is 35.7 Å².